The second-order valence-electron chi connectivity index (χ2n) is 7.10. The van der Waals surface area contributed by atoms with Crippen molar-refractivity contribution in [3.05, 3.63) is 75.8 Å². The zero-order chi connectivity index (χ0) is 22.1. The number of nitro groups is 1. The van der Waals surface area contributed by atoms with Gasteiger partial charge in [-0.25, -0.2) is 0 Å². The highest BCUT2D eigenvalue weighted by atomic mass is 16.6. The third-order valence-corrected chi connectivity index (χ3v) is 5.97. The molecule has 2 aromatic rings. The van der Waals surface area contributed by atoms with Gasteiger partial charge < -0.3 is 9.47 Å². The summed E-state index contributed by atoms with van der Waals surface area (Å²) in [6.07, 6.45) is 0.123. The van der Waals surface area contributed by atoms with Crippen LogP contribution in [0.15, 0.2) is 54.6 Å². The van der Waals surface area contributed by atoms with Gasteiger partial charge in [-0.1, -0.05) is 49.4 Å². The van der Waals surface area contributed by atoms with Gasteiger partial charge in [0.15, 0.2) is 11.2 Å². The Bertz CT molecular complexity index is 1000. The van der Waals surface area contributed by atoms with Gasteiger partial charge in [0.1, 0.15) is 0 Å². The van der Waals surface area contributed by atoms with Gasteiger partial charge in [-0.2, -0.15) is 0 Å². The van der Waals surface area contributed by atoms with Crippen LogP contribution in [0.4, 0.5) is 5.69 Å². The monoisotopic (exact) mass is 411 g/mol. The Hall–Kier alpha value is -3.55. The number of Topliss-reactive ketones (excluding diaryl/α,β-unsaturated/α-hetero) is 1. The lowest BCUT2D eigenvalue weighted by atomic mass is 9.83. The van der Waals surface area contributed by atoms with Crippen molar-refractivity contribution in [3.8, 4) is 0 Å². The van der Waals surface area contributed by atoms with E-state index in [0.29, 0.717) is 11.1 Å². The Morgan fingerprint density at radius 3 is 2.10 bits per heavy atom. The van der Waals surface area contributed by atoms with E-state index in [1.165, 1.54) is 18.2 Å². The smallest absolute Gasteiger partial charge is 0.324 e. The molecule has 1 aliphatic carbocycles. The summed E-state index contributed by atoms with van der Waals surface area (Å²) in [7, 11) is 2.26. The van der Waals surface area contributed by atoms with Crippen LogP contribution in [-0.4, -0.2) is 36.9 Å². The number of methoxy groups -OCH3 is 2. The van der Waals surface area contributed by atoms with E-state index < -0.39 is 39.4 Å². The van der Waals surface area contributed by atoms with Crippen molar-refractivity contribution in [2.75, 3.05) is 14.2 Å². The molecular weight excluding hydrogens is 390 g/mol. The summed E-state index contributed by atoms with van der Waals surface area (Å²) in [6, 6.07) is 13.9. The molecule has 156 valence electrons. The van der Waals surface area contributed by atoms with Crippen molar-refractivity contribution < 1.29 is 28.8 Å². The molecule has 1 saturated carbocycles. The first kappa shape index (κ1) is 21.2. The number of esters is 2. The SMILES string of the molecule is CC[C@@]1(C(=O)c2ccccc2)[C@@H](c2cccc([N+](=O)[O-])c2)C1(C(=O)OC)C(=O)OC. The van der Waals surface area contributed by atoms with E-state index in [1.807, 2.05) is 0 Å². The zero-order valence-electron chi connectivity index (χ0n) is 16.8. The second kappa shape index (κ2) is 7.70. The first-order valence-corrected chi connectivity index (χ1v) is 9.33. The molecule has 2 atom stereocenters. The van der Waals surface area contributed by atoms with Crippen LogP contribution in [0, 0.1) is 20.9 Å². The zero-order valence-corrected chi connectivity index (χ0v) is 16.8. The Kier molecular flexibility index (Phi) is 5.43. The number of benzene rings is 2. The predicted octanol–water partition coefficient (Wildman–Crippen LogP) is 3.30. The summed E-state index contributed by atoms with van der Waals surface area (Å²) in [4.78, 5) is 50.4. The van der Waals surface area contributed by atoms with Crippen molar-refractivity contribution in [2.24, 2.45) is 10.8 Å². The molecule has 1 aliphatic rings. The molecule has 0 bridgehead atoms. The molecular formula is C22H21NO7. The molecule has 0 amide bonds. The lowest BCUT2D eigenvalue weighted by Crippen LogP contribution is -2.37. The number of non-ortho nitro benzene ring substituents is 1. The van der Waals surface area contributed by atoms with Crippen LogP contribution < -0.4 is 0 Å². The molecule has 0 saturated heterocycles. The molecule has 1 fully saturated rings. The maximum Gasteiger partial charge on any atom is 0.324 e. The minimum absolute atomic E-state index is 0.123. The van der Waals surface area contributed by atoms with Crippen LogP contribution in [0.1, 0.15) is 35.2 Å². The number of ether oxygens (including phenoxy) is 2. The number of nitrogens with zero attached hydrogens (tertiary/aromatic N) is 1. The van der Waals surface area contributed by atoms with Gasteiger partial charge in [-0.15, -0.1) is 0 Å². The molecule has 0 aromatic heterocycles. The molecule has 0 heterocycles. The van der Waals surface area contributed by atoms with Crippen LogP contribution in [-0.2, 0) is 19.1 Å². The van der Waals surface area contributed by atoms with Gasteiger partial charge >= 0.3 is 11.9 Å². The van der Waals surface area contributed by atoms with Gasteiger partial charge in [-0.05, 0) is 12.0 Å². The summed E-state index contributed by atoms with van der Waals surface area (Å²) in [5.41, 5.74) is -2.99. The molecule has 3 rings (SSSR count). The molecule has 0 aliphatic heterocycles. The Labute approximate surface area is 172 Å². The lowest BCUT2D eigenvalue weighted by molar-refractivity contribution is -0.384. The van der Waals surface area contributed by atoms with Crippen LogP contribution in [0.3, 0.4) is 0 Å². The second-order valence-corrected chi connectivity index (χ2v) is 7.10. The Morgan fingerprint density at radius 2 is 1.60 bits per heavy atom. The largest absolute Gasteiger partial charge is 0.468 e. The predicted molar refractivity (Wildman–Crippen MR) is 106 cm³/mol. The topological polar surface area (TPSA) is 113 Å². The van der Waals surface area contributed by atoms with Crippen molar-refractivity contribution in [3.63, 3.8) is 0 Å². The lowest BCUT2D eigenvalue weighted by Gasteiger charge is -2.20. The van der Waals surface area contributed by atoms with E-state index in [9.17, 15) is 24.5 Å². The number of hydrogen-bond acceptors (Lipinski definition) is 7. The summed E-state index contributed by atoms with van der Waals surface area (Å²) in [6.45, 7) is 1.69. The number of carbonyl (C=O) groups is 3. The highest BCUT2D eigenvalue weighted by Gasteiger charge is 2.88. The van der Waals surface area contributed by atoms with Crippen LogP contribution >= 0.6 is 0 Å². The number of hydrogen-bond donors (Lipinski definition) is 0. The normalized spacial score (nSPS) is 21.4. The van der Waals surface area contributed by atoms with Crippen LogP contribution in [0.25, 0.3) is 0 Å². The highest BCUT2D eigenvalue weighted by molar-refractivity contribution is 6.19. The van der Waals surface area contributed by atoms with E-state index in [4.69, 9.17) is 9.47 Å². The standard InChI is InChI=1S/C22H21NO7/c1-4-21(18(24)14-9-6-5-7-10-14)17(15-11-8-12-16(13-15)23(27)28)22(21,19(25)29-2)20(26)30-3/h5-13,17H,4H2,1-3H3/t17-,21+/m1/s1. The maximum atomic E-state index is 13.7. The van der Waals surface area contributed by atoms with Crippen molar-refractivity contribution in [1.29, 1.82) is 0 Å². The number of nitro benzene ring substituents is 1. The number of ketones is 1. The Morgan fingerprint density at radius 1 is 1.00 bits per heavy atom. The van der Waals surface area contributed by atoms with E-state index in [1.54, 1.807) is 43.3 Å². The quantitative estimate of drug-likeness (QED) is 0.226. The number of rotatable bonds is 7. The van der Waals surface area contributed by atoms with E-state index in [2.05, 4.69) is 0 Å². The summed E-state index contributed by atoms with van der Waals surface area (Å²) >= 11 is 0. The summed E-state index contributed by atoms with van der Waals surface area (Å²) in [5.74, 6) is -3.20. The molecule has 2 aromatic carbocycles. The average molecular weight is 411 g/mol. The average Bonchev–Trinajstić information content (AvgIpc) is 3.43. The van der Waals surface area contributed by atoms with Crippen molar-refractivity contribution in [1.82, 2.24) is 0 Å². The summed E-state index contributed by atoms with van der Waals surface area (Å²) in [5, 5.41) is 11.3. The molecule has 0 spiro atoms. The van der Waals surface area contributed by atoms with Crippen molar-refractivity contribution >= 4 is 23.4 Å². The fourth-order valence-corrected chi connectivity index (χ4v) is 4.69. The maximum absolute atomic E-state index is 13.7. The molecule has 30 heavy (non-hydrogen) atoms. The third kappa shape index (κ3) is 2.71. The van der Waals surface area contributed by atoms with Gasteiger partial charge in [0.05, 0.1) is 24.6 Å². The molecule has 0 radical (unpaired) electrons. The van der Waals surface area contributed by atoms with Gasteiger partial charge in [0.2, 0.25) is 0 Å². The van der Waals surface area contributed by atoms with E-state index in [-0.39, 0.29) is 12.1 Å². The number of carbonyl (C=O) groups excluding carboxylic acids is 3. The van der Waals surface area contributed by atoms with Crippen molar-refractivity contribution in [2.45, 2.75) is 19.3 Å². The fourth-order valence-electron chi connectivity index (χ4n) is 4.69. The highest BCUT2D eigenvalue weighted by Crippen LogP contribution is 2.78. The van der Waals surface area contributed by atoms with Gasteiger partial charge in [-0.3, -0.25) is 24.5 Å². The minimum Gasteiger partial charge on any atom is -0.468 e. The first-order valence-electron chi connectivity index (χ1n) is 9.33. The molecule has 8 nitrogen and oxygen atoms in total. The first-order chi connectivity index (χ1) is 14.3. The minimum atomic E-state index is -1.94. The molecule has 0 unspecified atom stereocenters. The van der Waals surface area contributed by atoms with E-state index >= 15 is 0 Å². The van der Waals surface area contributed by atoms with Gasteiger partial charge in [0.25, 0.3) is 5.69 Å². The summed E-state index contributed by atoms with van der Waals surface area (Å²) < 4.78 is 9.89. The van der Waals surface area contributed by atoms with Crippen LogP contribution in [0.5, 0.6) is 0 Å². The van der Waals surface area contributed by atoms with Gasteiger partial charge in [0, 0.05) is 23.6 Å². The molecule has 8 heteroatoms. The third-order valence-electron chi connectivity index (χ3n) is 5.97. The van der Waals surface area contributed by atoms with E-state index in [0.717, 1.165) is 14.2 Å². The van der Waals surface area contributed by atoms with Crippen LogP contribution in [0.2, 0.25) is 0 Å². The molecule has 0 N–H and O–H groups in total. The fraction of sp³-hybridized carbons (Fsp3) is 0.318. The Balaban J connectivity index is 2.29.